The second-order valence-corrected chi connectivity index (χ2v) is 4.94. The van der Waals surface area contributed by atoms with Crippen LogP contribution in [-0.2, 0) is 11.2 Å². The molecule has 0 bridgehead atoms. The van der Waals surface area contributed by atoms with E-state index >= 15 is 0 Å². The summed E-state index contributed by atoms with van der Waals surface area (Å²) >= 11 is 0. The first-order valence-electron chi connectivity index (χ1n) is 5.64. The number of carboxylic acids is 1. The van der Waals surface area contributed by atoms with E-state index in [0.717, 1.165) is 16.7 Å². The highest BCUT2D eigenvalue weighted by atomic mass is 19.1. The highest BCUT2D eigenvalue weighted by Crippen LogP contribution is 2.36. The topological polar surface area (TPSA) is 37.3 Å². The molecule has 3 heteroatoms. The molecule has 0 amide bonds. The molecule has 0 fully saturated rings. The van der Waals surface area contributed by atoms with Gasteiger partial charge in [0, 0.05) is 0 Å². The molecule has 0 aromatic heterocycles. The highest BCUT2D eigenvalue weighted by molar-refractivity contribution is 5.80. The van der Waals surface area contributed by atoms with E-state index in [4.69, 9.17) is 0 Å². The van der Waals surface area contributed by atoms with Gasteiger partial charge in [0.25, 0.3) is 0 Å². The van der Waals surface area contributed by atoms with Crippen LogP contribution in [0.1, 0.15) is 31.4 Å². The fourth-order valence-corrected chi connectivity index (χ4v) is 2.09. The molecule has 90 valence electrons. The fraction of sp³-hybridized carbons (Fsp3) is 0.357. The summed E-state index contributed by atoms with van der Waals surface area (Å²) in [5.74, 6) is -1.06. The summed E-state index contributed by atoms with van der Waals surface area (Å²) in [5, 5.41) is 9.18. The number of carboxylic acid groups (broad SMARTS) is 1. The summed E-state index contributed by atoms with van der Waals surface area (Å²) in [6.45, 7) is 3.41. The minimum Gasteiger partial charge on any atom is -0.481 e. The number of carbonyl (C=O) groups is 1. The molecule has 0 unspecified atom stereocenters. The van der Waals surface area contributed by atoms with Crippen molar-refractivity contribution in [3.8, 4) is 0 Å². The zero-order valence-corrected chi connectivity index (χ0v) is 9.96. The number of benzene rings is 1. The molecule has 0 aliphatic heterocycles. The Labute approximate surface area is 99.8 Å². The third kappa shape index (κ3) is 2.09. The van der Waals surface area contributed by atoms with Crippen molar-refractivity contribution in [3.05, 3.63) is 40.7 Å². The summed E-state index contributed by atoms with van der Waals surface area (Å²) in [6, 6.07) is 4.64. The van der Waals surface area contributed by atoms with Crippen LogP contribution in [0.15, 0.2) is 23.8 Å². The van der Waals surface area contributed by atoms with Crippen LogP contribution in [0, 0.1) is 11.2 Å². The molecule has 17 heavy (non-hydrogen) atoms. The van der Waals surface area contributed by atoms with Gasteiger partial charge in [-0.15, -0.1) is 0 Å². The Balaban J connectivity index is 2.42. The Morgan fingerprint density at radius 1 is 1.35 bits per heavy atom. The van der Waals surface area contributed by atoms with Crippen LogP contribution >= 0.6 is 0 Å². The zero-order chi connectivity index (χ0) is 12.6. The van der Waals surface area contributed by atoms with Crippen LogP contribution in [0.5, 0.6) is 0 Å². The first-order chi connectivity index (χ1) is 7.91. The van der Waals surface area contributed by atoms with Crippen molar-refractivity contribution in [3.63, 3.8) is 0 Å². The monoisotopic (exact) mass is 234 g/mol. The van der Waals surface area contributed by atoms with Gasteiger partial charge in [-0.1, -0.05) is 17.7 Å². The molecule has 1 N–H and O–H groups in total. The molecule has 1 aromatic carbocycles. The first kappa shape index (κ1) is 11.8. The van der Waals surface area contributed by atoms with Gasteiger partial charge in [0.1, 0.15) is 5.82 Å². The third-order valence-corrected chi connectivity index (χ3v) is 3.44. The number of hydrogen-bond donors (Lipinski definition) is 1. The molecule has 1 aliphatic carbocycles. The maximum absolute atomic E-state index is 13.0. The third-order valence-electron chi connectivity index (χ3n) is 3.44. The van der Waals surface area contributed by atoms with E-state index < -0.39 is 11.4 Å². The average Bonchev–Trinajstić information content (AvgIpc) is 2.28. The first-order valence-corrected chi connectivity index (χ1v) is 5.64. The van der Waals surface area contributed by atoms with Gasteiger partial charge in [0.05, 0.1) is 5.41 Å². The van der Waals surface area contributed by atoms with Gasteiger partial charge in [-0.05, 0) is 49.9 Å². The normalized spacial score (nSPS) is 15.1. The molecule has 1 aliphatic rings. The Bertz CT molecular complexity index is 501. The predicted octanol–water partition coefficient (Wildman–Crippen LogP) is 3.27. The number of hydrogen-bond acceptors (Lipinski definition) is 1. The molecular weight excluding hydrogens is 219 g/mol. The zero-order valence-electron chi connectivity index (χ0n) is 9.96. The average molecular weight is 234 g/mol. The molecule has 2 rings (SSSR count). The molecule has 0 saturated carbocycles. The number of aliphatic carboxylic acids is 1. The smallest absolute Gasteiger partial charge is 0.313 e. The quantitative estimate of drug-likeness (QED) is 0.852. The van der Waals surface area contributed by atoms with Crippen molar-refractivity contribution >= 4 is 12.0 Å². The molecule has 0 radical (unpaired) electrons. The second-order valence-electron chi connectivity index (χ2n) is 4.94. The number of aryl methyl sites for hydroxylation is 1. The van der Waals surface area contributed by atoms with Gasteiger partial charge < -0.3 is 5.11 Å². The van der Waals surface area contributed by atoms with Crippen molar-refractivity contribution < 1.29 is 14.3 Å². The van der Waals surface area contributed by atoms with E-state index in [0.29, 0.717) is 12.8 Å². The molecule has 1 aromatic rings. The number of rotatable bonds is 2. The van der Waals surface area contributed by atoms with Gasteiger partial charge in [-0.3, -0.25) is 4.79 Å². The molecule has 0 atom stereocenters. The van der Waals surface area contributed by atoms with E-state index in [1.165, 1.54) is 12.1 Å². The lowest BCUT2D eigenvalue weighted by Gasteiger charge is -2.27. The van der Waals surface area contributed by atoms with Gasteiger partial charge in [-0.2, -0.15) is 0 Å². The predicted molar refractivity (Wildman–Crippen MR) is 64.1 cm³/mol. The summed E-state index contributed by atoms with van der Waals surface area (Å²) < 4.78 is 13.0. The maximum atomic E-state index is 13.0. The molecular formula is C14H15FO2. The lowest BCUT2D eigenvalue weighted by atomic mass is 9.77. The standard InChI is InChI=1S/C14H15FO2/c1-14(2,13(16)17)11-5-3-10-8-12(15)6-4-9(10)7-11/h4,6-8H,3,5H2,1-2H3,(H,16,17). The maximum Gasteiger partial charge on any atom is 0.313 e. The van der Waals surface area contributed by atoms with Crippen LogP contribution in [-0.4, -0.2) is 11.1 Å². The summed E-state index contributed by atoms with van der Waals surface area (Å²) in [6.07, 6.45) is 3.26. The summed E-state index contributed by atoms with van der Waals surface area (Å²) in [7, 11) is 0. The van der Waals surface area contributed by atoms with Crippen LogP contribution < -0.4 is 0 Å². The van der Waals surface area contributed by atoms with Crippen molar-refractivity contribution in [2.24, 2.45) is 5.41 Å². The Morgan fingerprint density at radius 3 is 2.71 bits per heavy atom. The van der Waals surface area contributed by atoms with E-state index in [1.54, 1.807) is 19.9 Å². The van der Waals surface area contributed by atoms with Gasteiger partial charge in [0.15, 0.2) is 0 Å². The Morgan fingerprint density at radius 2 is 2.06 bits per heavy atom. The highest BCUT2D eigenvalue weighted by Gasteiger charge is 2.32. The van der Waals surface area contributed by atoms with E-state index in [9.17, 15) is 14.3 Å². The van der Waals surface area contributed by atoms with Gasteiger partial charge in [0.2, 0.25) is 0 Å². The molecule has 2 nitrogen and oxygen atoms in total. The molecule has 0 saturated heterocycles. The van der Waals surface area contributed by atoms with Crippen LogP contribution in [0.3, 0.4) is 0 Å². The minimum atomic E-state index is -0.855. The number of fused-ring (bicyclic) bond motifs is 1. The fourth-order valence-electron chi connectivity index (χ4n) is 2.09. The molecule has 0 heterocycles. The van der Waals surface area contributed by atoms with Crippen molar-refractivity contribution in [1.29, 1.82) is 0 Å². The van der Waals surface area contributed by atoms with Crippen molar-refractivity contribution in [1.82, 2.24) is 0 Å². The van der Waals surface area contributed by atoms with Crippen LogP contribution in [0.25, 0.3) is 6.08 Å². The lowest BCUT2D eigenvalue weighted by molar-refractivity contribution is -0.144. The molecule has 0 spiro atoms. The number of halogens is 1. The van der Waals surface area contributed by atoms with Gasteiger partial charge in [-0.25, -0.2) is 4.39 Å². The summed E-state index contributed by atoms with van der Waals surface area (Å²) in [4.78, 5) is 11.2. The van der Waals surface area contributed by atoms with E-state index in [-0.39, 0.29) is 5.82 Å². The Hall–Kier alpha value is -1.64. The van der Waals surface area contributed by atoms with E-state index in [1.807, 2.05) is 6.08 Å². The largest absolute Gasteiger partial charge is 0.481 e. The van der Waals surface area contributed by atoms with E-state index in [2.05, 4.69) is 0 Å². The SMILES string of the molecule is CC(C)(C(=O)O)C1=Cc2ccc(F)cc2CC1. The van der Waals surface area contributed by atoms with Crippen molar-refractivity contribution in [2.45, 2.75) is 26.7 Å². The Kier molecular flexibility index (Phi) is 2.77. The minimum absolute atomic E-state index is 0.238. The van der Waals surface area contributed by atoms with Crippen molar-refractivity contribution in [2.75, 3.05) is 0 Å². The second kappa shape index (κ2) is 3.99. The van der Waals surface area contributed by atoms with Crippen LogP contribution in [0.2, 0.25) is 0 Å². The lowest BCUT2D eigenvalue weighted by Crippen LogP contribution is -2.27. The van der Waals surface area contributed by atoms with Crippen LogP contribution in [0.4, 0.5) is 4.39 Å². The van der Waals surface area contributed by atoms with Gasteiger partial charge >= 0.3 is 5.97 Å². The summed E-state index contributed by atoms with van der Waals surface area (Å²) in [5.41, 5.74) is 1.92.